The fraction of sp³-hybridized carbons (Fsp3) is 0.500. The zero-order chi connectivity index (χ0) is 19.9. The molecule has 1 amide bonds. The predicted octanol–water partition coefficient (Wildman–Crippen LogP) is 4.11. The van der Waals surface area contributed by atoms with Gasteiger partial charge >= 0.3 is 0 Å². The summed E-state index contributed by atoms with van der Waals surface area (Å²) in [4.78, 5) is 16.9. The molecular weight excluding hydrogens is 376 g/mol. The molecule has 3 rings (SSSR count). The van der Waals surface area contributed by atoms with Gasteiger partial charge in [-0.25, -0.2) is 0 Å². The maximum absolute atomic E-state index is 12.6. The monoisotopic (exact) mass is 404 g/mol. The van der Waals surface area contributed by atoms with Crippen LogP contribution in [0.1, 0.15) is 34.7 Å². The van der Waals surface area contributed by atoms with Gasteiger partial charge in [0.2, 0.25) is 0 Å². The summed E-state index contributed by atoms with van der Waals surface area (Å²) in [6.45, 7) is 4.31. The van der Waals surface area contributed by atoms with Crippen molar-refractivity contribution in [1.29, 1.82) is 0 Å². The number of nitrogens with zero attached hydrogens (tertiary/aromatic N) is 2. The molecule has 1 atom stereocenters. The molecule has 0 radical (unpaired) electrons. The number of hydrogen-bond donors (Lipinski definition) is 0. The first-order valence-electron chi connectivity index (χ1n) is 9.85. The van der Waals surface area contributed by atoms with E-state index >= 15 is 0 Å². The fourth-order valence-electron chi connectivity index (χ4n) is 3.81. The number of amides is 1. The summed E-state index contributed by atoms with van der Waals surface area (Å²) < 4.78 is 10.6. The smallest absolute Gasteiger partial charge is 0.289 e. The Kier molecular flexibility index (Phi) is 7.54. The summed E-state index contributed by atoms with van der Waals surface area (Å²) in [5.74, 6) is 1.47. The van der Waals surface area contributed by atoms with E-state index in [0.717, 1.165) is 44.0 Å². The van der Waals surface area contributed by atoms with Gasteiger partial charge in [0.05, 0.1) is 0 Å². The second-order valence-corrected chi connectivity index (χ2v) is 8.01. The van der Waals surface area contributed by atoms with Crippen molar-refractivity contribution in [2.24, 2.45) is 5.92 Å². The van der Waals surface area contributed by atoms with E-state index < -0.39 is 0 Å². The molecule has 1 aliphatic rings. The van der Waals surface area contributed by atoms with Crippen LogP contribution in [0.15, 0.2) is 40.8 Å². The molecule has 1 fully saturated rings. The number of ether oxygens (including phenoxy) is 1. The molecule has 1 aromatic carbocycles. The minimum atomic E-state index is -0.0689. The third kappa shape index (κ3) is 5.84. The number of hydrogen-bond acceptors (Lipinski definition) is 4. The van der Waals surface area contributed by atoms with E-state index in [9.17, 15) is 4.79 Å². The van der Waals surface area contributed by atoms with Crippen molar-refractivity contribution >= 4 is 17.5 Å². The van der Waals surface area contributed by atoms with Crippen molar-refractivity contribution < 1.29 is 13.9 Å². The number of benzene rings is 1. The van der Waals surface area contributed by atoms with Crippen molar-refractivity contribution in [3.05, 3.63) is 58.5 Å². The Hall–Kier alpha value is -1.82. The topological polar surface area (TPSA) is 45.9 Å². The highest BCUT2D eigenvalue weighted by Crippen LogP contribution is 2.20. The third-order valence-corrected chi connectivity index (χ3v) is 5.52. The maximum atomic E-state index is 12.6. The summed E-state index contributed by atoms with van der Waals surface area (Å²) in [7, 11) is 3.46. The van der Waals surface area contributed by atoms with E-state index in [-0.39, 0.29) is 5.91 Å². The van der Waals surface area contributed by atoms with Crippen LogP contribution >= 0.6 is 11.6 Å². The Morgan fingerprint density at radius 1 is 1.29 bits per heavy atom. The highest BCUT2D eigenvalue weighted by molar-refractivity contribution is 6.30. The van der Waals surface area contributed by atoms with E-state index in [0.29, 0.717) is 24.0 Å². The Bertz CT molecular complexity index is 759. The molecule has 1 aromatic heterocycles. The molecule has 152 valence electrons. The van der Waals surface area contributed by atoms with Crippen LogP contribution in [0, 0.1) is 5.92 Å². The number of rotatable bonds is 8. The van der Waals surface area contributed by atoms with Crippen LogP contribution in [0.4, 0.5) is 0 Å². The molecule has 2 aromatic rings. The largest absolute Gasteiger partial charge is 0.453 e. The highest BCUT2D eigenvalue weighted by Gasteiger charge is 2.24. The summed E-state index contributed by atoms with van der Waals surface area (Å²) in [5.41, 5.74) is 1.31. The van der Waals surface area contributed by atoms with Crippen molar-refractivity contribution in [1.82, 2.24) is 9.80 Å². The molecule has 1 aliphatic heterocycles. The Labute approximate surface area is 172 Å². The van der Waals surface area contributed by atoms with Crippen LogP contribution < -0.4 is 0 Å². The molecule has 0 bridgehead atoms. The van der Waals surface area contributed by atoms with Gasteiger partial charge in [0.25, 0.3) is 5.91 Å². The van der Waals surface area contributed by atoms with Crippen LogP contribution in [-0.2, 0) is 17.8 Å². The van der Waals surface area contributed by atoms with E-state index in [1.165, 1.54) is 12.0 Å². The van der Waals surface area contributed by atoms with E-state index in [2.05, 4.69) is 17.0 Å². The van der Waals surface area contributed by atoms with Crippen LogP contribution in [0.2, 0.25) is 5.02 Å². The summed E-state index contributed by atoms with van der Waals surface area (Å²) in [5, 5.41) is 0.778. The molecule has 0 N–H and O–H groups in total. The average molecular weight is 405 g/mol. The highest BCUT2D eigenvalue weighted by atomic mass is 35.5. The summed E-state index contributed by atoms with van der Waals surface area (Å²) in [6.07, 6.45) is 3.35. The Balaban J connectivity index is 1.47. The summed E-state index contributed by atoms with van der Waals surface area (Å²) in [6, 6.07) is 11.6. The van der Waals surface area contributed by atoms with Gasteiger partial charge in [-0.05, 0) is 61.6 Å². The zero-order valence-corrected chi connectivity index (χ0v) is 17.5. The van der Waals surface area contributed by atoms with Gasteiger partial charge in [0.15, 0.2) is 5.76 Å². The third-order valence-electron chi connectivity index (χ3n) is 5.27. The number of likely N-dealkylation sites (tertiary alicyclic amines) is 1. The molecule has 0 aliphatic carbocycles. The lowest BCUT2D eigenvalue weighted by Crippen LogP contribution is -2.42. The number of halogens is 1. The molecule has 2 heterocycles. The van der Waals surface area contributed by atoms with Crippen molar-refractivity contribution in [3.8, 4) is 0 Å². The predicted molar refractivity (Wildman–Crippen MR) is 111 cm³/mol. The van der Waals surface area contributed by atoms with E-state index in [1.54, 1.807) is 24.1 Å². The lowest BCUT2D eigenvalue weighted by atomic mass is 9.97. The van der Waals surface area contributed by atoms with Gasteiger partial charge in [0, 0.05) is 38.8 Å². The van der Waals surface area contributed by atoms with Crippen molar-refractivity contribution in [2.75, 3.05) is 40.3 Å². The quantitative estimate of drug-likeness (QED) is 0.664. The Morgan fingerprint density at radius 3 is 2.82 bits per heavy atom. The van der Waals surface area contributed by atoms with Crippen molar-refractivity contribution in [2.45, 2.75) is 25.9 Å². The number of carbonyl (C=O) groups is 1. The molecule has 6 heteroatoms. The molecule has 0 saturated carbocycles. The molecule has 1 saturated heterocycles. The maximum Gasteiger partial charge on any atom is 0.289 e. The minimum Gasteiger partial charge on any atom is -0.453 e. The van der Waals surface area contributed by atoms with Gasteiger partial charge < -0.3 is 19.0 Å². The number of carbonyl (C=O) groups excluding carboxylic acids is 1. The normalized spacial score (nSPS) is 17.6. The van der Waals surface area contributed by atoms with Crippen LogP contribution in [0.5, 0.6) is 0 Å². The SMILES string of the molecule is COCc1ccc(C(=O)N(C)CC2CCCN(CCc3ccc(Cl)cc3)C2)o1. The Morgan fingerprint density at radius 2 is 2.07 bits per heavy atom. The van der Waals surface area contributed by atoms with Gasteiger partial charge in [-0.2, -0.15) is 0 Å². The first-order valence-corrected chi connectivity index (χ1v) is 10.2. The number of furan rings is 1. The van der Waals surface area contributed by atoms with E-state index in [1.807, 2.05) is 19.2 Å². The molecule has 0 spiro atoms. The van der Waals surface area contributed by atoms with Gasteiger partial charge in [-0.3, -0.25) is 4.79 Å². The molecule has 5 nitrogen and oxygen atoms in total. The second kappa shape index (κ2) is 10.1. The van der Waals surface area contributed by atoms with Gasteiger partial charge in [-0.1, -0.05) is 23.7 Å². The van der Waals surface area contributed by atoms with Crippen LogP contribution in [-0.4, -0.2) is 56.0 Å². The average Bonchev–Trinajstić information content (AvgIpc) is 3.16. The van der Waals surface area contributed by atoms with E-state index in [4.69, 9.17) is 20.8 Å². The molecular formula is C22H29ClN2O3. The summed E-state index contributed by atoms with van der Waals surface area (Å²) >= 11 is 5.96. The molecule has 1 unspecified atom stereocenters. The first kappa shape index (κ1) is 20.9. The van der Waals surface area contributed by atoms with Gasteiger partial charge in [-0.15, -0.1) is 0 Å². The van der Waals surface area contributed by atoms with Gasteiger partial charge in [0.1, 0.15) is 12.4 Å². The first-order chi connectivity index (χ1) is 13.5. The minimum absolute atomic E-state index is 0.0689. The van der Waals surface area contributed by atoms with Crippen LogP contribution in [0.3, 0.4) is 0 Å². The second-order valence-electron chi connectivity index (χ2n) is 7.57. The molecule has 28 heavy (non-hydrogen) atoms. The number of piperidine rings is 1. The lowest BCUT2D eigenvalue weighted by molar-refractivity contribution is 0.0693. The number of methoxy groups -OCH3 is 1. The van der Waals surface area contributed by atoms with Crippen molar-refractivity contribution in [3.63, 3.8) is 0 Å². The van der Waals surface area contributed by atoms with Crippen LogP contribution in [0.25, 0.3) is 0 Å². The lowest BCUT2D eigenvalue weighted by Gasteiger charge is -2.34. The fourth-order valence-corrected chi connectivity index (χ4v) is 3.94. The standard InChI is InChI=1S/C22H29ClN2O3/c1-24(22(26)21-10-9-20(28-21)16-27-2)14-18-4-3-12-25(15-18)13-11-17-5-7-19(23)8-6-17/h5-10,18H,3-4,11-16H2,1-2H3. The zero-order valence-electron chi connectivity index (χ0n) is 16.7.